The molecule has 0 radical (unpaired) electrons. The quantitative estimate of drug-likeness (QED) is 0.898. The van der Waals surface area contributed by atoms with Crippen molar-refractivity contribution in [2.75, 3.05) is 18.9 Å². The number of halogens is 3. The molecule has 4 nitrogen and oxygen atoms in total. The van der Waals surface area contributed by atoms with E-state index < -0.39 is 23.9 Å². The molecule has 2 amide bonds. The summed E-state index contributed by atoms with van der Waals surface area (Å²) in [5.74, 6) is 0.197. The molecule has 0 aliphatic heterocycles. The standard InChI is InChI=1S/C14H17F3N2O2/c1-19(8-12(20)9-6-7-9)13(21)18-11-5-3-2-4-10(11)14(15,16)17/h2-5,9,12,20H,6-8H2,1H3,(H,18,21). The molecule has 7 heteroatoms. The third-order valence-corrected chi connectivity index (χ3v) is 3.45. The summed E-state index contributed by atoms with van der Waals surface area (Å²) >= 11 is 0. The first-order valence-electron chi connectivity index (χ1n) is 6.65. The van der Waals surface area contributed by atoms with Crippen molar-refractivity contribution < 1.29 is 23.1 Å². The van der Waals surface area contributed by atoms with E-state index in [9.17, 15) is 23.1 Å². The molecule has 2 rings (SSSR count). The van der Waals surface area contributed by atoms with Crippen LogP contribution in [0.15, 0.2) is 24.3 Å². The number of rotatable bonds is 4. The van der Waals surface area contributed by atoms with E-state index in [-0.39, 0.29) is 18.2 Å². The van der Waals surface area contributed by atoms with Crippen LogP contribution in [0.2, 0.25) is 0 Å². The number of hydrogen-bond acceptors (Lipinski definition) is 2. The van der Waals surface area contributed by atoms with Crippen molar-refractivity contribution in [3.8, 4) is 0 Å². The lowest BCUT2D eigenvalue weighted by Gasteiger charge is -2.22. The number of aliphatic hydroxyl groups excluding tert-OH is 1. The van der Waals surface area contributed by atoms with E-state index in [1.807, 2.05) is 0 Å². The molecular weight excluding hydrogens is 285 g/mol. The lowest BCUT2D eigenvalue weighted by molar-refractivity contribution is -0.136. The van der Waals surface area contributed by atoms with Gasteiger partial charge in [-0.25, -0.2) is 4.79 Å². The molecule has 1 aliphatic carbocycles. The number of amides is 2. The Kier molecular flexibility index (Phi) is 4.41. The van der Waals surface area contributed by atoms with Gasteiger partial charge in [-0.15, -0.1) is 0 Å². The van der Waals surface area contributed by atoms with E-state index >= 15 is 0 Å². The molecule has 1 unspecified atom stereocenters. The summed E-state index contributed by atoms with van der Waals surface area (Å²) in [7, 11) is 1.44. The second-order valence-corrected chi connectivity index (χ2v) is 5.26. The highest BCUT2D eigenvalue weighted by atomic mass is 19.4. The van der Waals surface area contributed by atoms with Gasteiger partial charge in [-0.1, -0.05) is 12.1 Å². The second kappa shape index (κ2) is 5.93. The number of para-hydroxylation sites is 1. The van der Waals surface area contributed by atoms with Gasteiger partial charge in [0.15, 0.2) is 0 Å². The molecule has 1 aliphatic rings. The summed E-state index contributed by atoms with van der Waals surface area (Å²) in [6, 6.07) is 4.12. The average molecular weight is 302 g/mol. The van der Waals surface area contributed by atoms with Gasteiger partial charge in [-0.2, -0.15) is 13.2 Å². The predicted molar refractivity (Wildman–Crippen MR) is 71.8 cm³/mol. The van der Waals surface area contributed by atoms with Gasteiger partial charge in [0.25, 0.3) is 0 Å². The van der Waals surface area contributed by atoms with Gasteiger partial charge >= 0.3 is 12.2 Å². The minimum Gasteiger partial charge on any atom is -0.391 e. The van der Waals surface area contributed by atoms with Gasteiger partial charge in [0.1, 0.15) is 0 Å². The molecule has 1 aromatic rings. The maximum atomic E-state index is 12.8. The zero-order valence-electron chi connectivity index (χ0n) is 11.5. The highest BCUT2D eigenvalue weighted by molar-refractivity contribution is 5.90. The molecule has 116 valence electrons. The average Bonchev–Trinajstić information content (AvgIpc) is 3.22. The number of carbonyl (C=O) groups excluding carboxylic acids is 1. The molecule has 1 aromatic carbocycles. The zero-order valence-corrected chi connectivity index (χ0v) is 11.5. The second-order valence-electron chi connectivity index (χ2n) is 5.26. The predicted octanol–water partition coefficient (Wildman–Crippen LogP) is 2.94. The number of carbonyl (C=O) groups is 1. The first kappa shape index (κ1) is 15.6. The van der Waals surface area contributed by atoms with Gasteiger partial charge in [0, 0.05) is 13.6 Å². The van der Waals surface area contributed by atoms with Crippen molar-refractivity contribution in [1.82, 2.24) is 4.90 Å². The van der Waals surface area contributed by atoms with E-state index in [1.165, 1.54) is 30.1 Å². The van der Waals surface area contributed by atoms with Crippen molar-refractivity contribution >= 4 is 11.7 Å². The van der Waals surface area contributed by atoms with Crippen LogP contribution in [0.1, 0.15) is 18.4 Å². The van der Waals surface area contributed by atoms with Gasteiger partial charge in [0.05, 0.1) is 17.4 Å². The lowest BCUT2D eigenvalue weighted by atomic mass is 10.1. The highest BCUT2D eigenvalue weighted by Gasteiger charge is 2.34. The number of nitrogens with zero attached hydrogens (tertiary/aromatic N) is 1. The molecule has 0 aromatic heterocycles. The van der Waals surface area contributed by atoms with Crippen LogP contribution in [0, 0.1) is 5.92 Å². The SMILES string of the molecule is CN(CC(O)C1CC1)C(=O)Nc1ccccc1C(F)(F)F. The summed E-state index contributed by atoms with van der Waals surface area (Å²) in [4.78, 5) is 13.1. The molecule has 1 saturated carbocycles. The first-order valence-corrected chi connectivity index (χ1v) is 6.65. The number of likely N-dealkylation sites (N-methyl/N-ethyl adjacent to an activating group) is 1. The van der Waals surface area contributed by atoms with Crippen molar-refractivity contribution in [1.29, 1.82) is 0 Å². The fraction of sp³-hybridized carbons (Fsp3) is 0.500. The van der Waals surface area contributed by atoms with E-state index in [2.05, 4.69) is 5.32 Å². The Morgan fingerprint density at radius 2 is 2.05 bits per heavy atom. The van der Waals surface area contributed by atoms with Crippen molar-refractivity contribution in [3.05, 3.63) is 29.8 Å². The van der Waals surface area contributed by atoms with Crippen molar-refractivity contribution in [3.63, 3.8) is 0 Å². The maximum absolute atomic E-state index is 12.8. The summed E-state index contributed by atoms with van der Waals surface area (Å²) < 4.78 is 38.5. The molecular formula is C14H17F3N2O2. The Morgan fingerprint density at radius 3 is 2.62 bits per heavy atom. The summed E-state index contributed by atoms with van der Waals surface area (Å²) in [6.45, 7) is 0.102. The van der Waals surface area contributed by atoms with Crippen LogP contribution in [-0.2, 0) is 6.18 Å². The van der Waals surface area contributed by atoms with Crippen LogP contribution in [0.3, 0.4) is 0 Å². The van der Waals surface area contributed by atoms with Gasteiger partial charge < -0.3 is 15.3 Å². The molecule has 0 bridgehead atoms. The van der Waals surface area contributed by atoms with E-state index in [4.69, 9.17) is 0 Å². The van der Waals surface area contributed by atoms with E-state index in [0.717, 1.165) is 18.9 Å². The molecule has 0 heterocycles. The number of aliphatic hydroxyl groups is 1. The molecule has 2 N–H and O–H groups in total. The van der Waals surface area contributed by atoms with E-state index in [1.54, 1.807) is 0 Å². The smallest absolute Gasteiger partial charge is 0.391 e. The van der Waals surface area contributed by atoms with Crippen molar-refractivity contribution in [2.24, 2.45) is 5.92 Å². The largest absolute Gasteiger partial charge is 0.418 e. The summed E-state index contributed by atoms with van der Waals surface area (Å²) in [6.07, 6.45) is -3.31. The normalized spacial score (nSPS) is 16.4. The molecule has 0 spiro atoms. The van der Waals surface area contributed by atoms with Gasteiger partial charge in [-0.05, 0) is 30.9 Å². The minimum absolute atomic E-state index is 0.102. The van der Waals surface area contributed by atoms with Gasteiger partial charge in [-0.3, -0.25) is 0 Å². The Morgan fingerprint density at radius 1 is 1.43 bits per heavy atom. The lowest BCUT2D eigenvalue weighted by Crippen LogP contribution is -2.38. The van der Waals surface area contributed by atoms with Gasteiger partial charge in [0.2, 0.25) is 0 Å². The fourth-order valence-corrected chi connectivity index (χ4v) is 2.04. The van der Waals surface area contributed by atoms with E-state index in [0.29, 0.717) is 0 Å². The third kappa shape index (κ3) is 4.10. The molecule has 1 atom stereocenters. The van der Waals surface area contributed by atoms with Crippen LogP contribution < -0.4 is 5.32 Å². The Labute approximate surface area is 120 Å². The number of urea groups is 1. The van der Waals surface area contributed by atoms with Crippen LogP contribution >= 0.6 is 0 Å². The third-order valence-electron chi connectivity index (χ3n) is 3.45. The Balaban J connectivity index is 2.02. The first-order chi connectivity index (χ1) is 9.79. The number of benzene rings is 1. The summed E-state index contributed by atoms with van der Waals surface area (Å²) in [5, 5.41) is 12.0. The highest BCUT2D eigenvalue weighted by Crippen LogP contribution is 2.35. The zero-order chi connectivity index (χ0) is 15.6. The van der Waals surface area contributed by atoms with Crippen molar-refractivity contribution in [2.45, 2.75) is 25.1 Å². The van der Waals surface area contributed by atoms with Crippen LogP contribution in [0.5, 0.6) is 0 Å². The monoisotopic (exact) mass is 302 g/mol. The number of hydrogen-bond donors (Lipinski definition) is 2. The number of alkyl halides is 3. The number of anilines is 1. The van der Waals surface area contributed by atoms with Crippen LogP contribution in [-0.4, -0.2) is 35.7 Å². The summed E-state index contributed by atoms with van der Waals surface area (Å²) in [5.41, 5.74) is -1.18. The topological polar surface area (TPSA) is 52.6 Å². The number of nitrogens with one attached hydrogen (secondary N) is 1. The Hall–Kier alpha value is -1.76. The Bertz CT molecular complexity index is 515. The van der Waals surface area contributed by atoms with Crippen LogP contribution in [0.4, 0.5) is 23.7 Å². The molecule has 21 heavy (non-hydrogen) atoms. The minimum atomic E-state index is -4.53. The molecule has 0 saturated heterocycles. The molecule has 1 fully saturated rings. The van der Waals surface area contributed by atoms with Crippen LogP contribution in [0.25, 0.3) is 0 Å². The fourth-order valence-electron chi connectivity index (χ4n) is 2.04. The maximum Gasteiger partial charge on any atom is 0.418 e.